The fourth-order valence-corrected chi connectivity index (χ4v) is 1.06. The molecule has 1 aromatic rings. The standard InChI is InChI=1S/C9H6N4O/c10-4-6-2-1-3-7(5-11)8(6)9(14)13-12/h1-3H,12H2,(H,13,14). The van der Waals surface area contributed by atoms with Crippen LogP contribution in [-0.2, 0) is 0 Å². The number of nitrogens with zero attached hydrogens (tertiary/aromatic N) is 2. The summed E-state index contributed by atoms with van der Waals surface area (Å²) in [6.45, 7) is 0. The quantitative estimate of drug-likeness (QED) is 0.367. The molecule has 0 atom stereocenters. The molecule has 1 amide bonds. The van der Waals surface area contributed by atoms with Crippen molar-refractivity contribution in [1.82, 2.24) is 5.43 Å². The average Bonchev–Trinajstić information content (AvgIpc) is 2.26. The Morgan fingerprint density at radius 2 is 1.79 bits per heavy atom. The van der Waals surface area contributed by atoms with E-state index in [9.17, 15) is 4.79 Å². The van der Waals surface area contributed by atoms with E-state index >= 15 is 0 Å². The van der Waals surface area contributed by atoms with Crippen molar-refractivity contribution in [3.8, 4) is 12.1 Å². The Hall–Kier alpha value is -2.37. The molecule has 68 valence electrons. The summed E-state index contributed by atoms with van der Waals surface area (Å²) in [5.41, 5.74) is 2.17. The van der Waals surface area contributed by atoms with Gasteiger partial charge in [0, 0.05) is 0 Å². The van der Waals surface area contributed by atoms with Crippen molar-refractivity contribution in [3.05, 3.63) is 34.9 Å². The van der Waals surface area contributed by atoms with E-state index in [1.54, 1.807) is 0 Å². The maximum Gasteiger partial charge on any atom is 0.267 e. The lowest BCUT2D eigenvalue weighted by atomic mass is 10.0. The number of nitrogens with one attached hydrogen (secondary N) is 1. The Balaban J connectivity index is 3.45. The summed E-state index contributed by atoms with van der Waals surface area (Å²) in [5, 5.41) is 17.4. The molecule has 0 spiro atoms. The highest BCUT2D eigenvalue weighted by Gasteiger charge is 2.14. The smallest absolute Gasteiger partial charge is 0.267 e. The summed E-state index contributed by atoms with van der Waals surface area (Å²) < 4.78 is 0. The molecule has 0 aliphatic carbocycles. The van der Waals surface area contributed by atoms with Crippen molar-refractivity contribution in [3.63, 3.8) is 0 Å². The number of nitrogens with two attached hydrogens (primary N) is 1. The second kappa shape index (κ2) is 4.04. The minimum absolute atomic E-state index is 0.0139. The first-order valence-electron chi connectivity index (χ1n) is 3.68. The number of hydrogen-bond acceptors (Lipinski definition) is 4. The molecular formula is C9H6N4O. The zero-order valence-electron chi connectivity index (χ0n) is 7.11. The first-order chi connectivity index (χ1) is 6.74. The summed E-state index contributed by atoms with van der Waals surface area (Å²) in [4.78, 5) is 11.2. The SMILES string of the molecule is N#Cc1cccc(C#N)c1C(=O)NN. The lowest BCUT2D eigenvalue weighted by Gasteiger charge is -2.03. The third-order valence-corrected chi connectivity index (χ3v) is 1.66. The molecule has 0 saturated carbocycles. The van der Waals surface area contributed by atoms with Gasteiger partial charge in [0.1, 0.15) is 12.1 Å². The van der Waals surface area contributed by atoms with Gasteiger partial charge in [-0.15, -0.1) is 0 Å². The fourth-order valence-electron chi connectivity index (χ4n) is 1.06. The number of benzene rings is 1. The summed E-state index contributed by atoms with van der Waals surface area (Å²) in [6.07, 6.45) is 0. The van der Waals surface area contributed by atoms with Crippen LogP contribution in [0.3, 0.4) is 0 Å². The Labute approximate surface area is 80.3 Å². The van der Waals surface area contributed by atoms with Crippen molar-refractivity contribution >= 4 is 5.91 Å². The van der Waals surface area contributed by atoms with Crippen LogP contribution in [-0.4, -0.2) is 5.91 Å². The van der Waals surface area contributed by atoms with Crippen LogP contribution < -0.4 is 11.3 Å². The van der Waals surface area contributed by atoms with Crippen LogP contribution in [0.4, 0.5) is 0 Å². The van der Waals surface area contributed by atoms with E-state index in [1.807, 2.05) is 17.6 Å². The zero-order chi connectivity index (χ0) is 10.6. The molecule has 0 bridgehead atoms. The second-order valence-corrected chi connectivity index (χ2v) is 2.43. The van der Waals surface area contributed by atoms with Crippen LogP contribution in [0, 0.1) is 22.7 Å². The number of amides is 1. The first kappa shape index (κ1) is 9.72. The predicted octanol–water partition coefficient (Wildman–Crippen LogP) is 0.0335. The third-order valence-electron chi connectivity index (χ3n) is 1.66. The third kappa shape index (κ3) is 1.53. The first-order valence-corrected chi connectivity index (χ1v) is 3.68. The Bertz CT molecular complexity index is 421. The molecule has 5 nitrogen and oxygen atoms in total. The molecule has 0 heterocycles. The van der Waals surface area contributed by atoms with Crippen LogP contribution in [0.1, 0.15) is 21.5 Å². The molecule has 0 radical (unpaired) electrons. The molecular weight excluding hydrogens is 180 g/mol. The summed E-state index contributed by atoms with van der Waals surface area (Å²) in [6, 6.07) is 8.07. The van der Waals surface area contributed by atoms with E-state index in [1.165, 1.54) is 18.2 Å². The van der Waals surface area contributed by atoms with E-state index in [0.29, 0.717) is 0 Å². The van der Waals surface area contributed by atoms with Crippen LogP contribution in [0.25, 0.3) is 0 Å². The fraction of sp³-hybridized carbons (Fsp3) is 0. The number of hydrogen-bond donors (Lipinski definition) is 2. The summed E-state index contributed by atoms with van der Waals surface area (Å²) >= 11 is 0. The second-order valence-electron chi connectivity index (χ2n) is 2.43. The predicted molar refractivity (Wildman–Crippen MR) is 47.5 cm³/mol. The van der Waals surface area contributed by atoms with Crippen molar-refractivity contribution in [1.29, 1.82) is 10.5 Å². The number of nitriles is 2. The van der Waals surface area contributed by atoms with Crippen molar-refractivity contribution < 1.29 is 4.79 Å². The molecule has 0 aliphatic rings. The normalized spacial score (nSPS) is 8.50. The molecule has 5 heteroatoms. The Kier molecular flexibility index (Phi) is 2.80. The molecule has 0 aromatic heterocycles. The highest BCUT2D eigenvalue weighted by atomic mass is 16.2. The minimum atomic E-state index is -0.640. The van der Waals surface area contributed by atoms with Gasteiger partial charge in [0.2, 0.25) is 0 Å². The molecule has 3 N–H and O–H groups in total. The van der Waals surface area contributed by atoms with Gasteiger partial charge in [-0.3, -0.25) is 10.2 Å². The van der Waals surface area contributed by atoms with Crippen LogP contribution in [0.15, 0.2) is 18.2 Å². The average molecular weight is 186 g/mol. The molecule has 0 aliphatic heterocycles. The van der Waals surface area contributed by atoms with Crippen LogP contribution >= 0.6 is 0 Å². The van der Waals surface area contributed by atoms with Gasteiger partial charge in [0.05, 0.1) is 16.7 Å². The number of carbonyl (C=O) groups is 1. The van der Waals surface area contributed by atoms with Crippen molar-refractivity contribution in [2.24, 2.45) is 5.84 Å². The van der Waals surface area contributed by atoms with E-state index in [-0.39, 0.29) is 16.7 Å². The largest absolute Gasteiger partial charge is 0.290 e. The highest BCUT2D eigenvalue weighted by molar-refractivity contribution is 5.98. The molecule has 1 rings (SSSR count). The Morgan fingerprint density at radius 3 is 2.14 bits per heavy atom. The summed E-state index contributed by atoms with van der Waals surface area (Å²) in [5.74, 6) is 4.29. The minimum Gasteiger partial charge on any atom is -0.290 e. The van der Waals surface area contributed by atoms with E-state index in [0.717, 1.165) is 0 Å². The topological polar surface area (TPSA) is 103 Å². The maximum atomic E-state index is 11.2. The number of hydrazine groups is 1. The van der Waals surface area contributed by atoms with Crippen molar-refractivity contribution in [2.75, 3.05) is 0 Å². The maximum absolute atomic E-state index is 11.2. The van der Waals surface area contributed by atoms with Gasteiger partial charge in [0.25, 0.3) is 5.91 Å². The van der Waals surface area contributed by atoms with Crippen molar-refractivity contribution in [2.45, 2.75) is 0 Å². The Morgan fingerprint density at radius 1 is 1.29 bits per heavy atom. The van der Waals surface area contributed by atoms with E-state index in [2.05, 4.69) is 0 Å². The number of nitrogen functional groups attached to an aromatic ring is 1. The molecule has 0 unspecified atom stereocenters. The van der Waals surface area contributed by atoms with E-state index < -0.39 is 5.91 Å². The monoisotopic (exact) mass is 186 g/mol. The van der Waals surface area contributed by atoms with Gasteiger partial charge in [-0.25, -0.2) is 5.84 Å². The number of carbonyl (C=O) groups excluding carboxylic acids is 1. The molecule has 1 aromatic carbocycles. The zero-order valence-corrected chi connectivity index (χ0v) is 7.11. The van der Waals surface area contributed by atoms with Gasteiger partial charge in [-0.2, -0.15) is 10.5 Å². The highest BCUT2D eigenvalue weighted by Crippen LogP contribution is 2.12. The molecule has 0 saturated heterocycles. The van der Waals surface area contributed by atoms with Crippen LogP contribution in [0.5, 0.6) is 0 Å². The van der Waals surface area contributed by atoms with Gasteiger partial charge >= 0.3 is 0 Å². The van der Waals surface area contributed by atoms with Gasteiger partial charge in [-0.05, 0) is 12.1 Å². The van der Waals surface area contributed by atoms with E-state index in [4.69, 9.17) is 16.4 Å². The molecule has 14 heavy (non-hydrogen) atoms. The van der Waals surface area contributed by atoms with Gasteiger partial charge in [0.15, 0.2) is 0 Å². The van der Waals surface area contributed by atoms with Gasteiger partial charge in [-0.1, -0.05) is 6.07 Å². The summed E-state index contributed by atoms with van der Waals surface area (Å²) in [7, 11) is 0. The molecule has 0 fully saturated rings. The number of rotatable bonds is 1. The van der Waals surface area contributed by atoms with Gasteiger partial charge < -0.3 is 0 Å². The lowest BCUT2D eigenvalue weighted by Crippen LogP contribution is -2.31. The lowest BCUT2D eigenvalue weighted by molar-refractivity contribution is 0.0953. The van der Waals surface area contributed by atoms with Crippen LogP contribution in [0.2, 0.25) is 0 Å².